The molecule has 25 heavy (non-hydrogen) atoms. The molecule has 0 spiro atoms. The number of amides is 2. The van der Waals surface area contributed by atoms with Crippen molar-refractivity contribution in [2.24, 2.45) is 0 Å². The number of carbonyl (C=O) groups is 2. The second kappa shape index (κ2) is 8.48. The lowest BCUT2D eigenvalue weighted by molar-refractivity contribution is -0.132. The summed E-state index contributed by atoms with van der Waals surface area (Å²) >= 11 is 0. The Hall–Kier alpha value is -1.88. The molecule has 138 valence electrons. The van der Waals surface area contributed by atoms with Gasteiger partial charge >= 0.3 is 0 Å². The van der Waals surface area contributed by atoms with Gasteiger partial charge in [-0.1, -0.05) is 32.0 Å². The molecular formula is C20H31N3O2. The molecule has 1 saturated heterocycles. The maximum Gasteiger partial charge on any atom is 0.224 e. The van der Waals surface area contributed by atoms with Crippen molar-refractivity contribution in [1.82, 2.24) is 9.80 Å². The van der Waals surface area contributed by atoms with Crippen LogP contribution in [0.2, 0.25) is 0 Å². The van der Waals surface area contributed by atoms with Crippen molar-refractivity contribution >= 4 is 17.5 Å². The standard InChI is InChI=1S/C20H31N3O2/c1-15(2)18-8-6-7-16(3)20(18)23(17(4)24)10-9-19(25)22-13-11-21(5)12-14-22/h6-8,15H,9-14H2,1-5H3. The predicted octanol–water partition coefficient (Wildman–Crippen LogP) is 2.64. The highest BCUT2D eigenvalue weighted by Gasteiger charge is 2.23. The van der Waals surface area contributed by atoms with Crippen LogP contribution in [-0.2, 0) is 9.59 Å². The van der Waals surface area contributed by atoms with E-state index in [9.17, 15) is 9.59 Å². The molecule has 1 aliphatic rings. The molecule has 0 bridgehead atoms. The summed E-state index contributed by atoms with van der Waals surface area (Å²) in [5.41, 5.74) is 3.20. The Kier molecular flexibility index (Phi) is 6.59. The molecular weight excluding hydrogens is 314 g/mol. The zero-order valence-electron chi connectivity index (χ0n) is 16.2. The highest BCUT2D eigenvalue weighted by molar-refractivity contribution is 5.94. The normalized spacial score (nSPS) is 15.5. The monoisotopic (exact) mass is 345 g/mol. The third-order valence-electron chi connectivity index (χ3n) is 4.95. The molecule has 2 rings (SSSR count). The number of piperazine rings is 1. The Labute approximate surface area is 151 Å². The number of anilines is 1. The average molecular weight is 345 g/mol. The Morgan fingerprint density at radius 2 is 1.80 bits per heavy atom. The van der Waals surface area contributed by atoms with Gasteiger partial charge in [0.15, 0.2) is 0 Å². The number of benzene rings is 1. The summed E-state index contributed by atoms with van der Waals surface area (Å²) in [6, 6.07) is 6.13. The average Bonchev–Trinajstić information content (AvgIpc) is 2.56. The van der Waals surface area contributed by atoms with Gasteiger partial charge in [0, 0.05) is 51.8 Å². The number of rotatable bonds is 5. The molecule has 1 aliphatic heterocycles. The van der Waals surface area contributed by atoms with Crippen LogP contribution in [0.4, 0.5) is 5.69 Å². The first-order valence-corrected chi connectivity index (χ1v) is 9.15. The second-order valence-corrected chi connectivity index (χ2v) is 7.27. The van der Waals surface area contributed by atoms with Crippen molar-refractivity contribution in [3.63, 3.8) is 0 Å². The topological polar surface area (TPSA) is 43.9 Å². The van der Waals surface area contributed by atoms with Gasteiger partial charge in [0.2, 0.25) is 11.8 Å². The van der Waals surface area contributed by atoms with Crippen molar-refractivity contribution in [2.45, 2.75) is 40.0 Å². The third-order valence-corrected chi connectivity index (χ3v) is 4.95. The molecule has 0 saturated carbocycles. The van der Waals surface area contributed by atoms with E-state index in [1.807, 2.05) is 24.0 Å². The molecule has 0 N–H and O–H groups in total. The Bertz CT molecular complexity index is 619. The van der Waals surface area contributed by atoms with Gasteiger partial charge in [-0.05, 0) is 31.0 Å². The number of carbonyl (C=O) groups excluding carboxylic acids is 2. The molecule has 5 heteroatoms. The zero-order valence-corrected chi connectivity index (χ0v) is 16.2. The van der Waals surface area contributed by atoms with Crippen LogP contribution in [0.5, 0.6) is 0 Å². The fraction of sp³-hybridized carbons (Fsp3) is 0.600. The van der Waals surface area contributed by atoms with E-state index in [2.05, 4.69) is 31.9 Å². The zero-order chi connectivity index (χ0) is 18.6. The maximum absolute atomic E-state index is 12.5. The summed E-state index contributed by atoms with van der Waals surface area (Å²) in [5.74, 6) is 0.450. The number of hydrogen-bond acceptors (Lipinski definition) is 3. The summed E-state index contributed by atoms with van der Waals surface area (Å²) in [5, 5.41) is 0. The smallest absolute Gasteiger partial charge is 0.224 e. The van der Waals surface area contributed by atoms with Crippen molar-refractivity contribution in [3.05, 3.63) is 29.3 Å². The molecule has 0 unspecified atom stereocenters. The van der Waals surface area contributed by atoms with Crippen LogP contribution in [0.25, 0.3) is 0 Å². The number of nitrogens with zero attached hydrogens (tertiary/aromatic N) is 3. The number of likely N-dealkylation sites (N-methyl/N-ethyl adjacent to an activating group) is 1. The van der Waals surface area contributed by atoms with Gasteiger partial charge in [0.1, 0.15) is 0 Å². The van der Waals surface area contributed by atoms with Gasteiger partial charge in [-0.2, -0.15) is 0 Å². The lowest BCUT2D eigenvalue weighted by atomic mass is 9.97. The molecule has 1 aromatic rings. The van der Waals surface area contributed by atoms with Crippen molar-refractivity contribution < 1.29 is 9.59 Å². The highest BCUT2D eigenvalue weighted by atomic mass is 16.2. The van der Waals surface area contributed by atoms with Crippen LogP contribution in [0, 0.1) is 6.92 Å². The Balaban J connectivity index is 2.12. The Morgan fingerprint density at radius 3 is 2.36 bits per heavy atom. The molecule has 0 radical (unpaired) electrons. The van der Waals surface area contributed by atoms with Crippen molar-refractivity contribution in [2.75, 3.05) is 44.7 Å². The summed E-state index contributed by atoms with van der Waals surface area (Å²) < 4.78 is 0. The van der Waals surface area contributed by atoms with Gasteiger partial charge in [0.05, 0.1) is 0 Å². The number of para-hydroxylation sites is 1. The minimum atomic E-state index is -0.0117. The second-order valence-electron chi connectivity index (χ2n) is 7.27. The largest absolute Gasteiger partial charge is 0.340 e. The minimum absolute atomic E-state index is 0.0117. The van der Waals surface area contributed by atoms with E-state index in [1.165, 1.54) is 0 Å². The van der Waals surface area contributed by atoms with Crippen molar-refractivity contribution in [1.29, 1.82) is 0 Å². The summed E-state index contributed by atoms with van der Waals surface area (Å²) in [7, 11) is 2.07. The van der Waals surface area contributed by atoms with Crippen LogP contribution in [0.1, 0.15) is 44.2 Å². The van der Waals surface area contributed by atoms with Gasteiger partial charge in [-0.3, -0.25) is 9.59 Å². The molecule has 0 aromatic heterocycles. The van der Waals surface area contributed by atoms with Crippen LogP contribution in [0.15, 0.2) is 18.2 Å². The molecule has 0 atom stereocenters. The van der Waals surface area contributed by atoms with E-state index >= 15 is 0 Å². The van der Waals surface area contributed by atoms with Gasteiger partial charge in [-0.15, -0.1) is 0 Å². The molecule has 5 nitrogen and oxygen atoms in total. The van der Waals surface area contributed by atoms with Gasteiger partial charge in [0.25, 0.3) is 0 Å². The van der Waals surface area contributed by atoms with Crippen LogP contribution in [0.3, 0.4) is 0 Å². The first-order valence-electron chi connectivity index (χ1n) is 9.15. The summed E-state index contributed by atoms with van der Waals surface area (Å²) in [6.45, 7) is 11.7. The van der Waals surface area contributed by atoms with Crippen LogP contribution < -0.4 is 4.90 Å². The molecule has 0 aliphatic carbocycles. The van der Waals surface area contributed by atoms with Gasteiger partial charge in [-0.25, -0.2) is 0 Å². The van der Waals surface area contributed by atoms with Gasteiger partial charge < -0.3 is 14.7 Å². The minimum Gasteiger partial charge on any atom is -0.340 e. The number of aryl methyl sites for hydroxylation is 1. The summed E-state index contributed by atoms with van der Waals surface area (Å²) in [6.07, 6.45) is 0.370. The fourth-order valence-corrected chi connectivity index (χ4v) is 3.36. The lowest BCUT2D eigenvalue weighted by Gasteiger charge is -2.33. The van der Waals surface area contributed by atoms with E-state index in [-0.39, 0.29) is 11.8 Å². The third kappa shape index (κ3) is 4.82. The molecule has 1 fully saturated rings. The van der Waals surface area contributed by atoms with E-state index in [0.717, 1.165) is 43.0 Å². The fourth-order valence-electron chi connectivity index (χ4n) is 3.36. The predicted molar refractivity (Wildman–Crippen MR) is 102 cm³/mol. The summed E-state index contributed by atoms with van der Waals surface area (Å²) in [4.78, 5) is 30.8. The lowest BCUT2D eigenvalue weighted by Crippen LogP contribution is -2.48. The quantitative estimate of drug-likeness (QED) is 0.824. The SMILES string of the molecule is CC(=O)N(CCC(=O)N1CCN(C)CC1)c1c(C)cccc1C(C)C. The van der Waals surface area contributed by atoms with Crippen LogP contribution >= 0.6 is 0 Å². The first kappa shape index (κ1) is 19.4. The van der Waals surface area contributed by atoms with E-state index < -0.39 is 0 Å². The Morgan fingerprint density at radius 1 is 1.16 bits per heavy atom. The highest BCUT2D eigenvalue weighted by Crippen LogP contribution is 2.31. The van der Waals surface area contributed by atoms with E-state index in [0.29, 0.717) is 18.9 Å². The molecule has 1 aromatic carbocycles. The van der Waals surface area contributed by atoms with E-state index in [1.54, 1.807) is 11.8 Å². The molecule has 1 heterocycles. The van der Waals surface area contributed by atoms with E-state index in [4.69, 9.17) is 0 Å². The maximum atomic E-state index is 12.5. The number of hydrogen-bond donors (Lipinski definition) is 0. The van der Waals surface area contributed by atoms with Crippen LogP contribution in [-0.4, -0.2) is 61.4 Å². The van der Waals surface area contributed by atoms with Crippen molar-refractivity contribution in [3.8, 4) is 0 Å². The molecule has 2 amide bonds. The first-order chi connectivity index (χ1) is 11.8.